The summed E-state index contributed by atoms with van der Waals surface area (Å²) in [5.74, 6) is -0.923. The number of amides is 2. The number of benzene rings is 2. The first-order valence-electron chi connectivity index (χ1n) is 9.24. The number of carbonyl (C=O) groups excluding carboxylic acids is 3. The summed E-state index contributed by atoms with van der Waals surface area (Å²) < 4.78 is 23.7. The minimum absolute atomic E-state index is 0.216. The predicted octanol–water partition coefficient (Wildman–Crippen LogP) is 4.39. The van der Waals surface area contributed by atoms with Gasteiger partial charge in [-0.05, 0) is 67.1 Å². The van der Waals surface area contributed by atoms with Crippen molar-refractivity contribution >= 4 is 35.0 Å². The second-order valence-electron chi connectivity index (χ2n) is 6.79. The average Bonchev–Trinajstić information content (AvgIpc) is 2.94. The van der Waals surface area contributed by atoms with E-state index < -0.39 is 23.7 Å². The van der Waals surface area contributed by atoms with Crippen LogP contribution >= 0.6 is 11.8 Å². The van der Waals surface area contributed by atoms with E-state index in [1.807, 2.05) is 0 Å². The Hall–Kier alpha value is -3.13. The zero-order chi connectivity index (χ0) is 21.7. The molecule has 0 bridgehead atoms. The lowest BCUT2D eigenvalue weighted by Crippen LogP contribution is -2.35. The molecule has 1 aliphatic heterocycles. The standard InChI is InChI=1S/C22H20FNO5S/c1-14(2)29-20(25)12-24-21(26)19(30-22(24)27)11-16-4-3-5-18(10-16)28-13-15-6-8-17(23)9-7-15/h3-11,14H,12-13H2,1-2H3/b19-11+. The van der Waals surface area contributed by atoms with E-state index in [4.69, 9.17) is 9.47 Å². The Bertz CT molecular complexity index is 987. The largest absolute Gasteiger partial charge is 0.489 e. The van der Waals surface area contributed by atoms with Crippen molar-refractivity contribution in [1.82, 2.24) is 4.90 Å². The van der Waals surface area contributed by atoms with Crippen LogP contribution in [0.25, 0.3) is 6.08 Å². The highest BCUT2D eigenvalue weighted by Gasteiger charge is 2.36. The van der Waals surface area contributed by atoms with Gasteiger partial charge in [0.05, 0.1) is 11.0 Å². The summed E-state index contributed by atoms with van der Waals surface area (Å²) in [7, 11) is 0. The maximum Gasteiger partial charge on any atom is 0.326 e. The maximum atomic E-state index is 13.0. The fourth-order valence-corrected chi connectivity index (χ4v) is 3.50. The van der Waals surface area contributed by atoms with E-state index in [-0.39, 0.29) is 23.4 Å². The molecule has 156 valence electrons. The molecule has 1 heterocycles. The number of ether oxygens (including phenoxy) is 2. The maximum absolute atomic E-state index is 13.0. The van der Waals surface area contributed by atoms with Gasteiger partial charge in [-0.2, -0.15) is 0 Å². The van der Waals surface area contributed by atoms with E-state index in [1.165, 1.54) is 12.1 Å². The van der Waals surface area contributed by atoms with Crippen LogP contribution in [0.3, 0.4) is 0 Å². The quantitative estimate of drug-likeness (QED) is 0.480. The first-order chi connectivity index (χ1) is 14.3. The van der Waals surface area contributed by atoms with Crippen molar-refractivity contribution in [2.45, 2.75) is 26.6 Å². The third-order valence-corrected chi connectivity index (χ3v) is 4.91. The normalized spacial score (nSPS) is 15.2. The Morgan fingerprint density at radius 3 is 2.60 bits per heavy atom. The summed E-state index contributed by atoms with van der Waals surface area (Å²) in [5, 5.41) is -0.518. The fourth-order valence-electron chi connectivity index (χ4n) is 2.66. The molecule has 0 aromatic heterocycles. The minimum Gasteiger partial charge on any atom is -0.489 e. The van der Waals surface area contributed by atoms with Gasteiger partial charge >= 0.3 is 5.97 Å². The Morgan fingerprint density at radius 1 is 1.17 bits per heavy atom. The molecule has 2 aromatic rings. The van der Waals surface area contributed by atoms with E-state index >= 15 is 0 Å². The molecule has 0 N–H and O–H groups in total. The highest BCUT2D eigenvalue weighted by Crippen LogP contribution is 2.32. The first kappa shape index (κ1) is 21.6. The number of rotatable bonds is 7. The molecule has 1 aliphatic rings. The second-order valence-corrected chi connectivity index (χ2v) is 7.79. The molecule has 0 unspecified atom stereocenters. The van der Waals surface area contributed by atoms with Crippen LogP contribution in [-0.4, -0.2) is 34.7 Å². The van der Waals surface area contributed by atoms with Gasteiger partial charge in [0.15, 0.2) is 0 Å². The van der Waals surface area contributed by atoms with Crippen molar-refractivity contribution in [3.05, 3.63) is 70.4 Å². The van der Waals surface area contributed by atoms with E-state index in [1.54, 1.807) is 56.3 Å². The lowest BCUT2D eigenvalue weighted by molar-refractivity contribution is -0.149. The molecule has 0 atom stereocenters. The van der Waals surface area contributed by atoms with Crippen molar-refractivity contribution in [3.8, 4) is 5.75 Å². The molecule has 8 heteroatoms. The van der Waals surface area contributed by atoms with Gasteiger partial charge in [-0.15, -0.1) is 0 Å². The SMILES string of the molecule is CC(C)OC(=O)CN1C(=O)S/C(=C/c2cccc(OCc3ccc(F)cc3)c2)C1=O. The topological polar surface area (TPSA) is 72.9 Å². The number of esters is 1. The minimum atomic E-state index is -0.634. The average molecular weight is 429 g/mol. The van der Waals surface area contributed by atoms with Crippen molar-refractivity contribution in [3.63, 3.8) is 0 Å². The molecule has 0 spiro atoms. The molecule has 2 aromatic carbocycles. The van der Waals surface area contributed by atoms with Crippen LogP contribution in [-0.2, 0) is 20.9 Å². The number of imide groups is 1. The van der Waals surface area contributed by atoms with Gasteiger partial charge in [0, 0.05) is 0 Å². The second kappa shape index (κ2) is 9.58. The molecule has 3 rings (SSSR count). The van der Waals surface area contributed by atoms with Gasteiger partial charge in [0.1, 0.15) is 24.7 Å². The van der Waals surface area contributed by atoms with Crippen LogP contribution in [0.4, 0.5) is 9.18 Å². The molecule has 1 fully saturated rings. The monoisotopic (exact) mass is 429 g/mol. The zero-order valence-corrected chi connectivity index (χ0v) is 17.3. The fraction of sp³-hybridized carbons (Fsp3) is 0.227. The molecular weight excluding hydrogens is 409 g/mol. The molecule has 1 saturated heterocycles. The van der Waals surface area contributed by atoms with Crippen molar-refractivity contribution in [2.75, 3.05) is 6.54 Å². The lowest BCUT2D eigenvalue weighted by Gasteiger charge is -2.13. The highest BCUT2D eigenvalue weighted by atomic mass is 32.2. The van der Waals surface area contributed by atoms with Gasteiger partial charge < -0.3 is 9.47 Å². The van der Waals surface area contributed by atoms with Gasteiger partial charge in [0.2, 0.25) is 0 Å². The number of hydrogen-bond donors (Lipinski definition) is 0. The van der Waals surface area contributed by atoms with E-state index in [9.17, 15) is 18.8 Å². The summed E-state index contributed by atoms with van der Waals surface area (Å²) in [6, 6.07) is 13.0. The predicted molar refractivity (Wildman–Crippen MR) is 111 cm³/mol. The van der Waals surface area contributed by atoms with Gasteiger partial charge in [-0.3, -0.25) is 19.3 Å². The summed E-state index contributed by atoms with van der Waals surface area (Å²) >= 11 is 0.769. The summed E-state index contributed by atoms with van der Waals surface area (Å²) in [6.45, 7) is 3.23. The Kier molecular flexibility index (Phi) is 6.89. The lowest BCUT2D eigenvalue weighted by atomic mass is 10.2. The third kappa shape index (κ3) is 5.70. The summed E-state index contributed by atoms with van der Waals surface area (Å²) in [6.07, 6.45) is 1.24. The van der Waals surface area contributed by atoms with E-state index in [0.29, 0.717) is 11.3 Å². The van der Waals surface area contributed by atoms with Crippen LogP contribution < -0.4 is 4.74 Å². The molecule has 6 nitrogen and oxygen atoms in total. The molecular formula is C22H20FNO5S. The Morgan fingerprint density at radius 2 is 1.90 bits per heavy atom. The smallest absolute Gasteiger partial charge is 0.326 e. The van der Waals surface area contributed by atoms with E-state index in [2.05, 4.69) is 0 Å². The van der Waals surface area contributed by atoms with Crippen molar-refractivity contribution < 1.29 is 28.2 Å². The number of hydrogen-bond acceptors (Lipinski definition) is 6. The summed E-state index contributed by atoms with van der Waals surface area (Å²) in [5.41, 5.74) is 1.48. The number of halogens is 1. The molecule has 2 amide bonds. The summed E-state index contributed by atoms with van der Waals surface area (Å²) in [4.78, 5) is 37.5. The van der Waals surface area contributed by atoms with Crippen molar-refractivity contribution in [2.24, 2.45) is 0 Å². The third-order valence-electron chi connectivity index (χ3n) is 4.00. The van der Waals surface area contributed by atoms with E-state index in [0.717, 1.165) is 22.2 Å². The number of nitrogens with zero attached hydrogens (tertiary/aromatic N) is 1. The van der Waals surface area contributed by atoms with Crippen LogP contribution in [0.5, 0.6) is 5.75 Å². The molecule has 30 heavy (non-hydrogen) atoms. The number of thioether (sulfide) groups is 1. The molecule has 0 radical (unpaired) electrons. The van der Waals surface area contributed by atoms with Gasteiger partial charge in [-0.1, -0.05) is 24.3 Å². The van der Waals surface area contributed by atoms with Gasteiger partial charge in [0.25, 0.3) is 11.1 Å². The first-order valence-corrected chi connectivity index (χ1v) is 10.1. The number of carbonyl (C=O) groups is 3. The van der Waals surface area contributed by atoms with Crippen LogP contribution in [0, 0.1) is 5.82 Å². The van der Waals surface area contributed by atoms with Gasteiger partial charge in [-0.25, -0.2) is 4.39 Å². The Labute approximate surface area is 177 Å². The highest BCUT2D eigenvalue weighted by molar-refractivity contribution is 8.18. The van der Waals surface area contributed by atoms with Crippen LogP contribution in [0.1, 0.15) is 25.0 Å². The zero-order valence-electron chi connectivity index (χ0n) is 16.5. The van der Waals surface area contributed by atoms with Crippen molar-refractivity contribution in [1.29, 1.82) is 0 Å². The van der Waals surface area contributed by atoms with Crippen LogP contribution in [0.15, 0.2) is 53.4 Å². The van der Waals surface area contributed by atoms with Crippen LogP contribution in [0.2, 0.25) is 0 Å². The molecule has 0 saturated carbocycles. The molecule has 0 aliphatic carbocycles. The Balaban J connectivity index is 1.67.